The number of nitrogens with one attached hydrogen (secondary N) is 2. The number of rotatable bonds is 5. The van der Waals surface area contributed by atoms with E-state index in [4.69, 9.17) is 0 Å². The Hall–Kier alpha value is -1.65. The molecule has 0 bridgehead atoms. The van der Waals surface area contributed by atoms with Crippen molar-refractivity contribution in [3.63, 3.8) is 0 Å². The minimum absolute atomic E-state index is 0.415. The summed E-state index contributed by atoms with van der Waals surface area (Å²) in [5, 5.41) is 8.46. The maximum atomic E-state index is 4.69. The van der Waals surface area contributed by atoms with Gasteiger partial charge in [0.15, 0.2) is 0 Å². The molecule has 2 aromatic heterocycles. The van der Waals surface area contributed by atoms with Crippen molar-refractivity contribution in [3.8, 4) is 0 Å². The number of H-pyrrole nitrogens is 1. The van der Waals surface area contributed by atoms with Gasteiger partial charge in [-0.15, -0.1) is 11.3 Å². The molecule has 4 rings (SSSR count). The summed E-state index contributed by atoms with van der Waals surface area (Å²) in [6.45, 7) is 2.97. The third-order valence-electron chi connectivity index (χ3n) is 4.19. The largest absolute Gasteiger partial charge is 0.361 e. The van der Waals surface area contributed by atoms with Crippen LogP contribution in [0.2, 0.25) is 0 Å². The molecule has 0 unspecified atom stereocenters. The van der Waals surface area contributed by atoms with Gasteiger partial charge in [-0.25, -0.2) is 4.98 Å². The fourth-order valence-electron chi connectivity index (χ4n) is 2.92. The Morgan fingerprint density at radius 2 is 2.29 bits per heavy atom. The molecule has 21 heavy (non-hydrogen) atoms. The van der Waals surface area contributed by atoms with E-state index in [0.29, 0.717) is 6.04 Å². The van der Waals surface area contributed by atoms with E-state index in [2.05, 4.69) is 51.9 Å². The first-order valence-electron chi connectivity index (χ1n) is 7.51. The Labute approximate surface area is 128 Å². The lowest BCUT2D eigenvalue weighted by Gasteiger charge is -2.16. The highest BCUT2D eigenvalue weighted by Crippen LogP contribution is 2.42. The first kappa shape index (κ1) is 13.0. The Morgan fingerprint density at radius 3 is 3.05 bits per heavy atom. The molecule has 0 radical (unpaired) electrons. The van der Waals surface area contributed by atoms with Gasteiger partial charge in [0.1, 0.15) is 5.01 Å². The van der Waals surface area contributed by atoms with Crippen molar-refractivity contribution in [2.75, 3.05) is 0 Å². The molecule has 1 aromatic carbocycles. The molecule has 108 valence electrons. The van der Waals surface area contributed by atoms with E-state index < -0.39 is 0 Å². The summed E-state index contributed by atoms with van der Waals surface area (Å²) in [5.41, 5.74) is 3.70. The smallest absolute Gasteiger partial charge is 0.110 e. The van der Waals surface area contributed by atoms with E-state index in [9.17, 15) is 0 Å². The average Bonchev–Trinajstić information content (AvgIpc) is 3.04. The number of benzene rings is 1. The SMILES string of the molecule is Cc1csc([C@H](NCc2cccc3[nH]ccc23)C2CC2)n1. The second-order valence-corrected chi connectivity index (χ2v) is 6.77. The molecule has 2 heterocycles. The Bertz CT molecular complexity index is 754. The van der Waals surface area contributed by atoms with Crippen LogP contribution in [0.5, 0.6) is 0 Å². The van der Waals surface area contributed by atoms with Gasteiger partial charge in [0.25, 0.3) is 0 Å². The molecule has 1 saturated carbocycles. The van der Waals surface area contributed by atoms with Crippen LogP contribution in [-0.4, -0.2) is 9.97 Å². The maximum Gasteiger partial charge on any atom is 0.110 e. The van der Waals surface area contributed by atoms with Gasteiger partial charge in [-0.3, -0.25) is 0 Å². The van der Waals surface area contributed by atoms with Crippen molar-refractivity contribution in [2.24, 2.45) is 5.92 Å². The number of aryl methyl sites for hydroxylation is 1. The first-order valence-corrected chi connectivity index (χ1v) is 8.39. The molecule has 4 heteroatoms. The van der Waals surface area contributed by atoms with Crippen LogP contribution < -0.4 is 5.32 Å². The van der Waals surface area contributed by atoms with Crippen LogP contribution in [0.25, 0.3) is 10.9 Å². The molecule has 0 amide bonds. The van der Waals surface area contributed by atoms with E-state index in [1.54, 1.807) is 11.3 Å². The molecule has 2 N–H and O–H groups in total. The summed E-state index contributed by atoms with van der Waals surface area (Å²) in [4.78, 5) is 7.97. The molecule has 0 saturated heterocycles. The van der Waals surface area contributed by atoms with Gasteiger partial charge in [-0.2, -0.15) is 0 Å². The summed E-state index contributed by atoms with van der Waals surface area (Å²) in [5.74, 6) is 0.765. The molecule has 1 fully saturated rings. The second-order valence-electron chi connectivity index (χ2n) is 5.88. The first-order chi connectivity index (χ1) is 10.3. The van der Waals surface area contributed by atoms with Crippen molar-refractivity contribution < 1.29 is 0 Å². The van der Waals surface area contributed by atoms with Crippen LogP contribution in [0.15, 0.2) is 35.8 Å². The number of fused-ring (bicyclic) bond motifs is 1. The molecule has 0 spiro atoms. The Kier molecular flexibility index (Phi) is 3.28. The molecule has 3 nitrogen and oxygen atoms in total. The number of nitrogens with zero attached hydrogens (tertiary/aromatic N) is 1. The fourth-order valence-corrected chi connectivity index (χ4v) is 3.89. The van der Waals surface area contributed by atoms with Crippen molar-refractivity contribution in [1.82, 2.24) is 15.3 Å². The zero-order valence-electron chi connectivity index (χ0n) is 12.1. The number of aromatic amines is 1. The molecular formula is C17H19N3S. The van der Waals surface area contributed by atoms with Crippen LogP contribution >= 0.6 is 11.3 Å². The van der Waals surface area contributed by atoms with E-state index in [1.165, 1.54) is 34.3 Å². The number of hydrogen-bond acceptors (Lipinski definition) is 3. The topological polar surface area (TPSA) is 40.7 Å². The van der Waals surface area contributed by atoms with Crippen molar-refractivity contribution in [2.45, 2.75) is 32.4 Å². The van der Waals surface area contributed by atoms with Crippen molar-refractivity contribution in [3.05, 3.63) is 52.1 Å². The van der Waals surface area contributed by atoms with Gasteiger partial charge in [0, 0.05) is 34.7 Å². The fraction of sp³-hybridized carbons (Fsp3) is 0.353. The summed E-state index contributed by atoms with van der Waals surface area (Å²) in [6, 6.07) is 9.03. The van der Waals surface area contributed by atoms with Gasteiger partial charge >= 0.3 is 0 Å². The summed E-state index contributed by atoms with van der Waals surface area (Å²) < 4.78 is 0. The van der Waals surface area contributed by atoms with E-state index >= 15 is 0 Å². The zero-order valence-corrected chi connectivity index (χ0v) is 12.9. The van der Waals surface area contributed by atoms with Gasteiger partial charge in [0.05, 0.1) is 6.04 Å². The van der Waals surface area contributed by atoms with Gasteiger partial charge in [-0.1, -0.05) is 12.1 Å². The van der Waals surface area contributed by atoms with Crippen LogP contribution in [0.4, 0.5) is 0 Å². The third-order valence-corrected chi connectivity index (χ3v) is 5.24. The van der Waals surface area contributed by atoms with Crippen molar-refractivity contribution in [1.29, 1.82) is 0 Å². The Balaban J connectivity index is 1.55. The maximum absolute atomic E-state index is 4.69. The normalized spacial score (nSPS) is 16.4. The highest BCUT2D eigenvalue weighted by molar-refractivity contribution is 7.09. The summed E-state index contributed by atoms with van der Waals surface area (Å²) in [7, 11) is 0. The van der Waals surface area contributed by atoms with Crippen LogP contribution in [0.3, 0.4) is 0 Å². The second kappa shape index (κ2) is 5.28. The van der Waals surface area contributed by atoms with E-state index in [-0.39, 0.29) is 0 Å². The van der Waals surface area contributed by atoms with Crippen LogP contribution in [-0.2, 0) is 6.54 Å². The number of hydrogen-bond donors (Lipinski definition) is 2. The quantitative estimate of drug-likeness (QED) is 0.742. The highest BCUT2D eigenvalue weighted by Gasteiger charge is 2.33. The lowest BCUT2D eigenvalue weighted by molar-refractivity contribution is 0.479. The minimum Gasteiger partial charge on any atom is -0.361 e. The van der Waals surface area contributed by atoms with Crippen LogP contribution in [0, 0.1) is 12.8 Å². The van der Waals surface area contributed by atoms with Crippen molar-refractivity contribution >= 4 is 22.2 Å². The number of aromatic nitrogens is 2. The lowest BCUT2D eigenvalue weighted by atomic mass is 10.1. The molecule has 1 atom stereocenters. The number of thiazole rings is 1. The highest BCUT2D eigenvalue weighted by atomic mass is 32.1. The van der Waals surface area contributed by atoms with Gasteiger partial charge < -0.3 is 10.3 Å². The summed E-state index contributed by atoms with van der Waals surface area (Å²) >= 11 is 1.79. The minimum atomic E-state index is 0.415. The molecule has 1 aliphatic rings. The third kappa shape index (κ3) is 2.61. The average molecular weight is 297 g/mol. The standard InChI is InChI=1S/C17H19N3S/c1-11-10-21-17(20-11)16(12-5-6-12)19-9-13-3-2-4-15-14(13)7-8-18-15/h2-4,7-8,10,12,16,18-19H,5-6,9H2,1H3/t16-/m1/s1. The molecule has 3 aromatic rings. The molecule has 1 aliphatic carbocycles. The van der Waals surface area contributed by atoms with Gasteiger partial charge in [0.2, 0.25) is 0 Å². The Morgan fingerprint density at radius 1 is 1.38 bits per heavy atom. The van der Waals surface area contributed by atoms with Crippen LogP contribution in [0.1, 0.15) is 35.1 Å². The predicted molar refractivity (Wildman–Crippen MR) is 87.5 cm³/mol. The molecule has 0 aliphatic heterocycles. The predicted octanol–water partition coefficient (Wildman–Crippen LogP) is 4.17. The monoisotopic (exact) mass is 297 g/mol. The zero-order chi connectivity index (χ0) is 14.2. The van der Waals surface area contributed by atoms with E-state index in [0.717, 1.165) is 18.2 Å². The lowest BCUT2D eigenvalue weighted by Crippen LogP contribution is -2.22. The summed E-state index contributed by atoms with van der Waals surface area (Å²) in [6.07, 6.45) is 4.66. The van der Waals surface area contributed by atoms with Gasteiger partial charge in [-0.05, 0) is 43.4 Å². The molecular weight excluding hydrogens is 278 g/mol. The van der Waals surface area contributed by atoms with E-state index in [1.807, 2.05) is 6.20 Å².